The van der Waals surface area contributed by atoms with Crippen molar-refractivity contribution in [3.63, 3.8) is 0 Å². The van der Waals surface area contributed by atoms with E-state index >= 15 is 0 Å². The average molecular weight is 582 g/mol. The monoisotopic (exact) mass is 581 g/mol. The lowest BCUT2D eigenvalue weighted by atomic mass is 9.86. The predicted octanol–water partition coefficient (Wildman–Crippen LogP) is 8.62. The Morgan fingerprint density at radius 3 is 1.74 bits per heavy atom. The highest BCUT2D eigenvalue weighted by atomic mass is 16.7. The Bertz CT molecular complexity index is 1430. The third kappa shape index (κ3) is 9.45. The van der Waals surface area contributed by atoms with Crippen LogP contribution < -0.4 is 14.2 Å². The molecule has 0 aliphatic rings. The van der Waals surface area contributed by atoms with Gasteiger partial charge in [0.2, 0.25) is 0 Å². The van der Waals surface area contributed by atoms with E-state index in [2.05, 4.69) is 44.7 Å². The zero-order valence-electron chi connectivity index (χ0n) is 25.1. The fourth-order valence-corrected chi connectivity index (χ4v) is 5.08. The summed E-state index contributed by atoms with van der Waals surface area (Å²) in [6.07, 6.45) is -0.866. The van der Waals surface area contributed by atoms with Gasteiger partial charge in [0.15, 0.2) is 0 Å². The third-order valence-electron chi connectivity index (χ3n) is 7.09. The van der Waals surface area contributed by atoms with E-state index in [-0.39, 0.29) is 12.5 Å². The first-order valence-corrected chi connectivity index (χ1v) is 14.6. The summed E-state index contributed by atoms with van der Waals surface area (Å²) in [4.78, 5) is 27.7. The van der Waals surface area contributed by atoms with Crippen molar-refractivity contribution < 1.29 is 28.5 Å². The molecule has 0 radical (unpaired) electrons. The first-order valence-electron chi connectivity index (χ1n) is 14.6. The summed E-state index contributed by atoms with van der Waals surface area (Å²) in [5.74, 6) is 1.06. The van der Waals surface area contributed by atoms with Crippen LogP contribution in [0.2, 0.25) is 0 Å². The molecule has 4 rings (SSSR count). The van der Waals surface area contributed by atoms with Gasteiger partial charge in [-0.1, -0.05) is 72.8 Å². The molecular formula is C36H39NO6. The molecule has 0 spiro atoms. The quantitative estimate of drug-likeness (QED) is 0.122. The molecule has 7 nitrogen and oxygen atoms in total. The van der Waals surface area contributed by atoms with Gasteiger partial charge >= 0.3 is 12.3 Å². The van der Waals surface area contributed by atoms with E-state index in [1.165, 1.54) is 0 Å². The second-order valence-electron chi connectivity index (χ2n) is 10.8. The van der Waals surface area contributed by atoms with Gasteiger partial charge in [0.05, 0.1) is 0 Å². The molecule has 1 unspecified atom stereocenters. The highest BCUT2D eigenvalue weighted by Gasteiger charge is 2.24. The molecule has 0 saturated heterocycles. The van der Waals surface area contributed by atoms with Gasteiger partial charge in [0.25, 0.3) is 0 Å². The number of benzene rings is 4. The van der Waals surface area contributed by atoms with E-state index in [9.17, 15) is 9.59 Å². The van der Waals surface area contributed by atoms with Crippen molar-refractivity contribution in [2.45, 2.75) is 58.7 Å². The second-order valence-corrected chi connectivity index (χ2v) is 10.8. The number of ether oxygens (including phenoxy) is 4. The number of carbonyl (C=O) groups excluding carboxylic acids is 2. The molecule has 0 aliphatic carbocycles. The van der Waals surface area contributed by atoms with Crippen LogP contribution in [-0.4, -0.2) is 35.8 Å². The molecule has 0 N–H and O–H groups in total. The number of rotatable bonds is 12. The topological polar surface area (TPSA) is 74.3 Å². The molecule has 1 atom stereocenters. The summed E-state index contributed by atoms with van der Waals surface area (Å²) in [6.45, 7) is 9.58. The van der Waals surface area contributed by atoms with Crippen molar-refractivity contribution >= 4 is 12.3 Å². The number of nitrogens with zero attached hydrogens (tertiary/aromatic N) is 1. The van der Waals surface area contributed by atoms with Crippen molar-refractivity contribution in [1.29, 1.82) is 0 Å². The van der Waals surface area contributed by atoms with E-state index in [0.717, 1.165) is 29.7 Å². The van der Waals surface area contributed by atoms with Gasteiger partial charge in [0, 0.05) is 23.6 Å². The second kappa shape index (κ2) is 15.6. The van der Waals surface area contributed by atoms with Gasteiger partial charge in [-0.05, 0) is 88.2 Å². The molecule has 0 aromatic heterocycles. The number of hydrogen-bond donors (Lipinski definition) is 0. The maximum Gasteiger partial charge on any atom is 0.519 e. The summed E-state index contributed by atoms with van der Waals surface area (Å²) in [6, 6.07) is 33.8. The Kier molecular flexibility index (Phi) is 11.3. The summed E-state index contributed by atoms with van der Waals surface area (Å²) < 4.78 is 21.9. The van der Waals surface area contributed by atoms with Crippen LogP contribution in [0.5, 0.6) is 17.2 Å². The number of carbonyl (C=O) groups is 2. The normalized spacial score (nSPS) is 11.8. The van der Waals surface area contributed by atoms with Crippen LogP contribution >= 0.6 is 0 Å². The van der Waals surface area contributed by atoms with Crippen molar-refractivity contribution in [2.24, 2.45) is 0 Å². The maximum atomic E-state index is 12.9. The fraction of sp³-hybridized carbons (Fsp3) is 0.278. The average Bonchev–Trinajstić information content (AvgIpc) is 3.00. The summed E-state index contributed by atoms with van der Waals surface area (Å²) in [7, 11) is 0. The minimum Gasteiger partial charge on any atom is -0.429 e. The van der Waals surface area contributed by atoms with Gasteiger partial charge < -0.3 is 18.9 Å². The Hall–Kier alpha value is -4.62. The van der Waals surface area contributed by atoms with Crippen LogP contribution in [-0.2, 0) is 11.3 Å². The smallest absolute Gasteiger partial charge is 0.429 e. The van der Waals surface area contributed by atoms with Gasteiger partial charge in [-0.15, -0.1) is 0 Å². The lowest BCUT2D eigenvalue weighted by Gasteiger charge is -2.32. The first-order chi connectivity index (χ1) is 20.8. The maximum absolute atomic E-state index is 12.9. The minimum absolute atomic E-state index is 0.0148. The van der Waals surface area contributed by atoms with Gasteiger partial charge in [0.1, 0.15) is 23.9 Å². The lowest BCUT2D eigenvalue weighted by Crippen LogP contribution is -2.38. The van der Waals surface area contributed by atoms with E-state index in [0.29, 0.717) is 29.3 Å². The molecule has 0 amide bonds. The molecule has 0 fully saturated rings. The largest absolute Gasteiger partial charge is 0.519 e. The highest BCUT2D eigenvalue weighted by Crippen LogP contribution is 2.36. The molecular weight excluding hydrogens is 542 g/mol. The Morgan fingerprint density at radius 2 is 1.19 bits per heavy atom. The Labute approximate surface area is 254 Å². The van der Waals surface area contributed by atoms with Gasteiger partial charge in [-0.25, -0.2) is 9.59 Å². The first kappa shape index (κ1) is 31.3. The summed E-state index contributed by atoms with van der Waals surface area (Å²) in [5.41, 5.74) is 2.60. The minimum atomic E-state index is -0.833. The molecule has 224 valence electrons. The molecule has 7 heteroatoms. The van der Waals surface area contributed by atoms with Crippen LogP contribution in [0.4, 0.5) is 9.59 Å². The van der Waals surface area contributed by atoms with Crippen LogP contribution in [0, 0.1) is 0 Å². The van der Waals surface area contributed by atoms with Crippen LogP contribution in [0.1, 0.15) is 56.7 Å². The fourth-order valence-electron chi connectivity index (χ4n) is 5.08. The van der Waals surface area contributed by atoms with Crippen LogP contribution in [0.15, 0.2) is 109 Å². The van der Waals surface area contributed by atoms with E-state index in [4.69, 9.17) is 18.9 Å². The number of para-hydroxylation sites is 2. The zero-order chi connectivity index (χ0) is 30.6. The van der Waals surface area contributed by atoms with Crippen LogP contribution in [0.3, 0.4) is 0 Å². The Morgan fingerprint density at radius 1 is 0.651 bits per heavy atom. The summed E-state index contributed by atoms with van der Waals surface area (Å²) in [5, 5.41) is 0. The van der Waals surface area contributed by atoms with Gasteiger partial charge in [-0.3, -0.25) is 4.90 Å². The van der Waals surface area contributed by atoms with Gasteiger partial charge in [-0.2, -0.15) is 0 Å². The zero-order valence-corrected chi connectivity index (χ0v) is 25.1. The number of hydrogen-bond acceptors (Lipinski definition) is 7. The van der Waals surface area contributed by atoms with E-state index in [1.807, 2.05) is 36.4 Å². The van der Waals surface area contributed by atoms with Crippen molar-refractivity contribution in [1.82, 2.24) is 4.90 Å². The molecule has 0 aliphatic heterocycles. The van der Waals surface area contributed by atoms with Crippen LogP contribution in [0.25, 0.3) is 0 Å². The highest BCUT2D eigenvalue weighted by molar-refractivity contribution is 5.68. The molecule has 0 saturated carbocycles. The van der Waals surface area contributed by atoms with E-state index in [1.54, 1.807) is 60.7 Å². The Balaban J connectivity index is 1.63. The predicted molar refractivity (Wildman–Crippen MR) is 167 cm³/mol. The molecule has 0 heterocycles. The summed E-state index contributed by atoms with van der Waals surface area (Å²) >= 11 is 0. The molecule has 4 aromatic carbocycles. The SMILES string of the molecule is CC(C)N(CCC(c1ccccc1)c1cc(COC(=O)Oc2ccccc2)ccc1OC(=O)Oc1ccccc1)C(C)C. The van der Waals surface area contributed by atoms with Crippen molar-refractivity contribution in [2.75, 3.05) is 6.54 Å². The van der Waals surface area contributed by atoms with Crippen molar-refractivity contribution in [3.8, 4) is 17.2 Å². The third-order valence-corrected chi connectivity index (χ3v) is 7.09. The standard InChI is InChI=1S/C36H39NO6/c1-26(2)37(27(3)4)23-22-32(29-14-8-5-9-15-29)33-24-28(25-40-35(38)41-30-16-10-6-11-17-30)20-21-34(33)43-36(39)42-31-18-12-7-13-19-31/h5-21,24,26-27,32H,22-23,25H2,1-4H3. The molecule has 43 heavy (non-hydrogen) atoms. The van der Waals surface area contributed by atoms with E-state index < -0.39 is 12.3 Å². The van der Waals surface area contributed by atoms with Crippen molar-refractivity contribution in [3.05, 3.63) is 126 Å². The molecule has 0 bridgehead atoms. The lowest BCUT2D eigenvalue weighted by molar-refractivity contribution is 0.0927. The molecule has 4 aromatic rings.